The van der Waals surface area contributed by atoms with E-state index in [9.17, 15) is 18.0 Å². The van der Waals surface area contributed by atoms with E-state index in [1.807, 2.05) is 13.8 Å². The lowest BCUT2D eigenvalue weighted by molar-refractivity contribution is -0.137. The summed E-state index contributed by atoms with van der Waals surface area (Å²) in [5.74, 6) is -0.00592. The summed E-state index contributed by atoms with van der Waals surface area (Å²) in [7, 11) is 0. The average molecular weight is 308 g/mol. The minimum absolute atomic E-state index is 0.186. The maximum atomic E-state index is 12.4. The quantitative estimate of drug-likeness (QED) is 0.816. The van der Waals surface area contributed by atoms with Crippen molar-refractivity contribution in [2.75, 3.05) is 6.54 Å². The van der Waals surface area contributed by atoms with Gasteiger partial charge in [-0.1, -0.05) is 13.8 Å². The Morgan fingerprint density at radius 3 is 2.25 bits per heavy atom. The maximum Gasteiger partial charge on any atom is 0.416 e. The van der Waals surface area contributed by atoms with Gasteiger partial charge in [0.1, 0.15) is 0 Å². The normalized spacial score (nSPS) is 13.3. The summed E-state index contributed by atoms with van der Waals surface area (Å²) in [5, 5.41) is 2.42. The van der Waals surface area contributed by atoms with E-state index < -0.39 is 17.6 Å². The topological polar surface area (TPSA) is 29.1 Å². The standard InChI is InChI=1S/C14H17ClF3NO/c1-9(2)7-12(15)8-19-13(20)10-3-5-11(6-4-10)14(16,17)18/h3-6,9,12H,7-8H2,1-2H3,(H,19,20). The van der Waals surface area contributed by atoms with Crippen LogP contribution in [0.4, 0.5) is 13.2 Å². The molecule has 0 bridgehead atoms. The Morgan fingerprint density at radius 1 is 1.25 bits per heavy atom. The highest BCUT2D eigenvalue weighted by molar-refractivity contribution is 6.20. The van der Waals surface area contributed by atoms with Crippen LogP contribution in [0.3, 0.4) is 0 Å². The first-order chi connectivity index (χ1) is 9.20. The van der Waals surface area contributed by atoms with Crippen LogP contribution in [-0.4, -0.2) is 17.8 Å². The molecule has 1 unspecified atom stereocenters. The van der Waals surface area contributed by atoms with Crippen molar-refractivity contribution in [2.24, 2.45) is 5.92 Å². The van der Waals surface area contributed by atoms with Crippen LogP contribution in [0.2, 0.25) is 0 Å². The van der Waals surface area contributed by atoms with Crippen LogP contribution in [0.25, 0.3) is 0 Å². The molecule has 0 saturated heterocycles. The van der Waals surface area contributed by atoms with Crippen LogP contribution < -0.4 is 5.32 Å². The molecule has 1 amide bonds. The number of amides is 1. The Kier molecular flexibility index (Phi) is 5.87. The molecular weight excluding hydrogens is 291 g/mol. The number of alkyl halides is 4. The molecule has 1 aromatic carbocycles. The second kappa shape index (κ2) is 6.97. The van der Waals surface area contributed by atoms with Crippen LogP contribution in [0.5, 0.6) is 0 Å². The number of hydrogen-bond donors (Lipinski definition) is 1. The average Bonchev–Trinajstić information content (AvgIpc) is 2.34. The van der Waals surface area contributed by atoms with Gasteiger partial charge in [0, 0.05) is 12.1 Å². The molecule has 0 fully saturated rings. The minimum atomic E-state index is -4.40. The van der Waals surface area contributed by atoms with Gasteiger partial charge in [0.2, 0.25) is 0 Å². The Labute approximate surface area is 121 Å². The van der Waals surface area contributed by atoms with Crippen LogP contribution in [0.15, 0.2) is 24.3 Å². The van der Waals surface area contributed by atoms with Crippen LogP contribution in [-0.2, 0) is 6.18 Å². The van der Waals surface area contributed by atoms with E-state index in [0.717, 1.165) is 30.7 Å². The zero-order valence-electron chi connectivity index (χ0n) is 11.3. The summed E-state index contributed by atoms with van der Waals surface area (Å²) >= 11 is 6.03. The van der Waals surface area contributed by atoms with Gasteiger partial charge in [-0.3, -0.25) is 4.79 Å². The third-order valence-corrected chi connectivity index (χ3v) is 3.02. The van der Waals surface area contributed by atoms with Crippen molar-refractivity contribution >= 4 is 17.5 Å². The summed E-state index contributed by atoms with van der Waals surface area (Å²) in [6.07, 6.45) is -3.64. The van der Waals surface area contributed by atoms with Crippen molar-refractivity contribution in [3.8, 4) is 0 Å². The van der Waals surface area contributed by atoms with Crippen LogP contribution >= 0.6 is 11.6 Å². The van der Waals surface area contributed by atoms with Crippen molar-refractivity contribution in [3.63, 3.8) is 0 Å². The molecule has 0 heterocycles. The lowest BCUT2D eigenvalue weighted by Crippen LogP contribution is -2.30. The Morgan fingerprint density at radius 2 is 1.80 bits per heavy atom. The summed E-state index contributed by atoms with van der Waals surface area (Å²) in [5.41, 5.74) is -0.588. The molecule has 0 aromatic heterocycles. The Hall–Kier alpha value is -1.23. The SMILES string of the molecule is CC(C)CC(Cl)CNC(=O)c1ccc(C(F)(F)F)cc1. The number of carbonyl (C=O) groups is 1. The van der Waals surface area contributed by atoms with Crippen LogP contribution in [0, 0.1) is 5.92 Å². The van der Waals surface area contributed by atoms with Crippen molar-refractivity contribution in [1.29, 1.82) is 0 Å². The predicted octanol–water partition coefficient (Wildman–Crippen LogP) is 4.09. The van der Waals surface area contributed by atoms with E-state index in [0.29, 0.717) is 12.5 Å². The van der Waals surface area contributed by atoms with E-state index in [1.165, 1.54) is 0 Å². The first-order valence-electron chi connectivity index (χ1n) is 6.29. The molecule has 0 aliphatic rings. The molecule has 1 N–H and O–H groups in total. The van der Waals surface area contributed by atoms with Gasteiger partial charge in [-0.15, -0.1) is 11.6 Å². The summed E-state index contributed by atoms with van der Waals surface area (Å²) in [4.78, 5) is 11.7. The number of benzene rings is 1. The number of nitrogens with one attached hydrogen (secondary N) is 1. The third-order valence-electron chi connectivity index (χ3n) is 2.69. The van der Waals surface area contributed by atoms with Gasteiger partial charge in [0.15, 0.2) is 0 Å². The summed E-state index contributed by atoms with van der Waals surface area (Å²) in [6.45, 7) is 4.33. The minimum Gasteiger partial charge on any atom is -0.351 e. The molecule has 1 atom stereocenters. The van der Waals surface area contributed by atoms with Crippen molar-refractivity contribution in [1.82, 2.24) is 5.32 Å². The van der Waals surface area contributed by atoms with Crippen molar-refractivity contribution in [3.05, 3.63) is 35.4 Å². The van der Waals surface area contributed by atoms with Gasteiger partial charge in [-0.2, -0.15) is 13.2 Å². The van der Waals surface area contributed by atoms with E-state index >= 15 is 0 Å². The Balaban J connectivity index is 2.56. The molecular formula is C14H17ClF3NO. The van der Waals surface area contributed by atoms with Crippen molar-refractivity contribution in [2.45, 2.75) is 31.8 Å². The fourth-order valence-electron chi connectivity index (χ4n) is 1.71. The predicted molar refractivity (Wildman–Crippen MR) is 72.9 cm³/mol. The number of halogens is 4. The zero-order chi connectivity index (χ0) is 15.3. The molecule has 20 heavy (non-hydrogen) atoms. The van der Waals surface area contributed by atoms with E-state index in [-0.39, 0.29) is 10.9 Å². The smallest absolute Gasteiger partial charge is 0.351 e. The van der Waals surface area contributed by atoms with E-state index in [4.69, 9.17) is 11.6 Å². The maximum absolute atomic E-state index is 12.4. The molecule has 0 spiro atoms. The first kappa shape index (κ1) is 16.8. The van der Waals surface area contributed by atoms with Crippen LogP contribution in [0.1, 0.15) is 36.2 Å². The summed E-state index contributed by atoms with van der Waals surface area (Å²) < 4.78 is 37.1. The highest BCUT2D eigenvalue weighted by Gasteiger charge is 2.30. The highest BCUT2D eigenvalue weighted by Crippen LogP contribution is 2.29. The Bertz CT molecular complexity index is 443. The van der Waals surface area contributed by atoms with E-state index in [1.54, 1.807) is 0 Å². The largest absolute Gasteiger partial charge is 0.416 e. The van der Waals surface area contributed by atoms with Gasteiger partial charge in [-0.25, -0.2) is 0 Å². The highest BCUT2D eigenvalue weighted by atomic mass is 35.5. The molecule has 1 rings (SSSR count). The fourth-order valence-corrected chi connectivity index (χ4v) is 2.14. The zero-order valence-corrected chi connectivity index (χ0v) is 12.1. The molecule has 6 heteroatoms. The second-order valence-electron chi connectivity index (χ2n) is 5.01. The monoisotopic (exact) mass is 307 g/mol. The van der Waals surface area contributed by atoms with Gasteiger partial charge >= 0.3 is 6.18 Å². The molecule has 0 saturated carbocycles. The molecule has 1 aromatic rings. The second-order valence-corrected chi connectivity index (χ2v) is 5.63. The molecule has 112 valence electrons. The van der Waals surface area contributed by atoms with E-state index in [2.05, 4.69) is 5.32 Å². The molecule has 2 nitrogen and oxygen atoms in total. The third kappa shape index (κ3) is 5.41. The fraction of sp³-hybridized carbons (Fsp3) is 0.500. The lowest BCUT2D eigenvalue weighted by Gasteiger charge is -2.13. The molecule has 0 aliphatic heterocycles. The van der Waals surface area contributed by atoms with Gasteiger partial charge in [0.25, 0.3) is 5.91 Å². The first-order valence-corrected chi connectivity index (χ1v) is 6.73. The van der Waals surface area contributed by atoms with Gasteiger partial charge in [0.05, 0.1) is 10.9 Å². The lowest BCUT2D eigenvalue weighted by atomic mass is 10.1. The number of carbonyl (C=O) groups excluding carboxylic acids is 1. The number of rotatable bonds is 5. The van der Waals surface area contributed by atoms with Crippen molar-refractivity contribution < 1.29 is 18.0 Å². The van der Waals surface area contributed by atoms with Gasteiger partial charge in [-0.05, 0) is 36.6 Å². The molecule has 0 aliphatic carbocycles. The number of hydrogen-bond acceptors (Lipinski definition) is 1. The van der Waals surface area contributed by atoms with Gasteiger partial charge < -0.3 is 5.32 Å². The molecule has 0 radical (unpaired) electrons. The summed E-state index contributed by atoms with van der Waals surface area (Å²) in [6, 6.07) is 4.09.